The summed E-state index contributed by atoms with van der Waals surface area (Å²) in [4.78, 5) is 24.6. The largest absolute Gasteiger partial charge is 0.490 e. The molecule has 0 bridgehead atoms. The minimum absolute atomic E-state index is 0.158. The Morgan fingerprint density at radius 2 is 1.85 bits per heavy atom. The summed E-state index contributed by atoms with van der Waals surface area (Å²) in [5, 5.41) is 21.1. The van der Waals surface area contributed by atoms with E-state index in [4.69, 9.17) is 42.1 Å². The number of urea groups is 1. The van der Waals surface area contributed by atoms with Crippen LogP contribution in [0.2, 0.25) is 10.0 Å². The van der Waals surface area contributed by atoms with Gasteiger partial charge in [-0.1, -0.05) is 41.4 Å². The number of esters is 1. The highest BCUT2D eigenvalue weighted by Gasteiger charge is 2.32. The summed E-state index contributed by atoms with van der Waals surface area (Å²) in [6.07, 6.45) is 2.76. The van der Waals surface area contributed by atoms with E-state index in [1.165, 1.54) is 7.11 Å². The summed E-state index contributed by atoms with van der Waals surface area (Å²) >= 11 is 12.3. The zero-order valence-electron chi connectivity index (χ0n) is 26.1. The van der Waals surface area contributed by atoms with Gasteiger partial charge >= 0.3 is 12.0 Å². The van der Waals surface area contributed by atoms with E-state index >= 15 is 0 Å². The molecule has 1 aliphatic heterocycles. The number of carbonyl (C=O) groups excluding carboxylic acids is 2. The molecule has 2 atom stereocenters. The summed E-state index contributed by atoms with van der Waals surface area (Å²) in [6, 6.07) is 14.6. The molecule has 0 saturated carbocycles. The van der Waals surface area contributed by atoms with Crippen LogP contribution in [0.4, 0.5) is 4.79 Å². The molecule has 11 nitrogen and oxygen atoms in total. The third-order valence-electron chi connectivity index (χ3n) is 6.96. The summed E-state index contributed by atoms with van der Waals surface area (Å²) < 4.78 is 22.5. The average molecular weight is 684 g/mol. The Hall–Kier alpha value is -4.71. The normalized spacial score (nSPS) is 15.0. The molecule has 1 aliphatic rings. The molecule has 0 saturated heterocycles. The van der Waals surface area contributed by atoms with Crippen molar-refractivity contribution < 1.29 is 33.6 Å². The Bertz CT molecular complexity index is 1680. The van der Waals surface area contributed by atoms with Crippen molar-refractivity contribution in [1.82, 2.24) is 16.1 Å². The van der Waals surface area contributed by atoms with Crippen LogP contribution in [0.15, 0.2) is 83.6 Å². The van der Waals surface area contributed by atoms with Crippen LogP contribution in [0, 0.1) is 0 Å². The van der Waals surface area contributed by atoms with Crippen molar-refractivity contribution in [2.24, 2.45) is 5.10 Å². The molecule has 0 unspecified atom stereocenters. The molecule has 4 N–H and O–H groups in total. The second-order valence-electron chi connectivity index (χ2n) is 10.3. The molecule has 3 aromatic rings. The van der Waals surface area contributed by atoms with Gasteiger partial charge in [0.25, 0.3) is 0 Å². The van der Waals surface area contributed by atoms with Crippen LogP contribution in [0.1, 0.15) is 42.1 Å². The fraction of sp³-hybridized carbons (Fsp3) is 0.265. The molecule has 3 aromatic carbocycles. The molecule has 13 heteroatoms. The second-order valence-corrected chi connectivity index (χ2v) is 11.1. The highest BCUT2D eigenvalue weighted by Crippen LogP contribution is 2.35. The summed E-state index contributed by atoms with van der Waals surface area (Å²) in [7, 11) is 1.27. The standard InChI is InChI=1S/C34H36Cl2N4O7/c1-5-7-22-14-21(8-12-27(22)46-18-24-9-11-25(35)16-26(24)36)17-37-40-30(41)19-47-28-13-10-23(15-29(28)45-6-2)32-31(33(42)44-4)20(3)38-34(43)39-32/h5,8-17,30,32,40-41H,1,6-7,18-19H2,2-4H3,(H2,38,39,43)/b37-17-/t30-,32+/m0/s1. The van der Waals surface area contributed by atoms with E-state index in [-0.39, 0.29) is 18.8 Å². The summed E-state index contributed by atoms with van der Waals surface area (Å²) in [5.74, 6) is 0.825. The number of nitrogens with one attached hydrogen (secondary N) is 3. The first kappa shape index (κ1) is 35.1. The van der Waals surface area contributed by atoms with E-state index in [1.54, 1.807) is 49.5 Å². The van der Waals surface area contributed by atoms with Crippen molar-refractivity contribution in [3.05, 3.63) is 111 Å². The Labute approximate surface area is 283 Å². The maximum Gasteiger partial charge on any atom is 0.337 e. The SMILES string of the molecule is C=CCc1cc(/C=N\N[C@@H](O)COc2ccc([C@H]3NC(=O)NC(C)=C3C(=O)OC)cc2OCC)ccc1OCc1ccc(Cl)cc1Cl. The minimum atomic E-state index is -1.15. The van der Waals surface area contributed by atoms with Gasteiger partial charge in [-0.25, -0.2) is 9.59 Å². The van der Waals surface area contributed by atoms with E-state index in [0.717, 1.165) is 16.7 Å². The van der Waals surface area contributed by atoms with Gasteiger partial charge in [0, 0.05) is 21.3 Å². The van der Waals surface area contributed by atoms with Gasteiger partial charge < -0.3 is 34.7 Å². The lowest BCUT2D eigenvalue weighted by atomic mass is 9.95. The number of methoxy groups -OCH3 is 1. The number of amides is 2. The number of hydrazone groups is 1. The van der Waals surface area contributed by atoms with Crippen LogP contribution < -0.4 is 30.3 Å². The Morgan fingerprint density at radius 1 is 1.06 bits per heavy atom. The number of benzene rings is 3. The van der Waals surface area contributed by atoms with Gasteiger partial charge in [0.15, 0.2) is 17.7 Å². The summed E-state index contributed by atoms with van der Waals surface area (Å²) in [6.45, 7) is 7.71. The van der Waals surface area contributed by atoms with E-state index in [2.05, 4.69) is 27.7 Å². The molecule has 2 amide bonds. The molecule has 248 valence electrons. The molecular formula is C34H36Cl2N4O7. The van der Waals surface area contributed by atoms with Crippen molar-refractivity contribution >= 4 is 41.4 Å². The molecule has 0 fully saturated rings. The Morgan fingerprint density at radius 3 is 2.57 bits per heavy atom. The average Bonchev–Trinajstić information content (AvgIpc) is 3.04. The fourth-order valence-electron chi connectivity index (χ4n) is 4.75. The maximum atomic E-state index is 12.5. The maximum absolute atomic E-state index is 12.5. The number of carbonyl (C=O) groups is 2. The number of allylic oxidation sites excluding steroid dienone is 2. The van der Waals surface area contributed by atoms with Crippen molar-refractivity contribution in [3.63, 3.8) is 0 Å². The molecule has 0 radical (unpaired) electrons. The second kappa shape index (κ2) is 16.7. The van der Waals surface area contributed by atoms with Gasteiger partial charge in [-0.15, -0.1) is 6.58 Å². The van der Waals surface area contributed by atoms with Gasteiger partial charge in [-0.2, -0.15) is 5.10 Å². The van der Waals surface area contributed by atoms with Gasteiger partial charge in [-0.05, 0) is 79.4 Å². The number of halogens is 2. The lowest BCUT2D eigenvalue weighted by Crippen LogP contribution is -2.45. The van der Waals surface area contributed by atoms with Crippen molar-refractivity contribution in [3.8, 4) is 17.2 Å². The predicted octanol–water partition coefficient (Wildman–Crippen LogP) is 5.82. The van der Waals surface area contributed by atoms with Crippen LogP contribution in [-0.2, 0) is 22.6 Å². The van der Waals surface area contributed by atoms with E-state index in [0.29, 0.717) is 51.6 Å². The quantitative estimate of drug-likeness (QED) is 0.0517. The highest BCUT2D eigenvalue weighted by atomic mass is 35.5. The smallest absolute Gasteiger partial charge is 0.337 e. The first-order valence-electron chi connectivity index (χ1n) is 14.7. The molecule has 0 aromatic heterocycles. The van der Waals surface area contributed by atoms with Crippen molar-refractivity contribution in [1.29, 1.82) is 0 Å². The van der Waals surface area contributed by atoms with Gasteiger partial charge in [-0.3, -0.25) is 5.43 Å². The lowest BCUT2D eigenvalue weighted by Gasteiger charge is -2.28. The third kappa shape index (κ3) is 9.41. The molecule has 0 spiro atoms. The third-order valence-corrected chi connectivity index (χ3v) is 7.54. The van der Waals surface area contributed by atoms with Crippen LogP contribution in [-0.4, -0.2) is 49.9 Å². The zero-order chi connectivity index (χ0) is 33.9. The van der Waals surface area contributed by atoms with Gasteiger partial charge in [0.1, 0.15) is 19.0 Å². The van der Waals surface area contributed by atoms with Crippen LogP contribution in [0.5, 0.6) is 17.2 Å². The molecule has 47 heavy (non-hydrogen) atoms. The van der Waals surface area contributed by atoms with E-state index < -0.39 is 24.3 Å². The number of aliphatic hydroxyl groups is 1. The lowest BCUT2D eigenvalue weighted by molar-refractivity contribution is -0.136. The number of rotatable bonds is 15. The highest BCUT2D eigenvalue weighted by molar-refractivity contribution is 6.35. The molecule has 1 heterocycles. The zero-order valence-corrected chi connectivity index (χ0v) is 27.7. The Balaban J connectivity index is 1.38. The number of hydrogen-bond donors (Lipinski definition) is 4. The van der Waals surface area contributed by atoms with E-state index in [9.17, 15) is 14.7 Å². The molecule has 0 aliphatic carbocycles. The first-order valence-corrected chi connectivity index (χ1v) is 15.4. The topological polar surface area (TPSA) is 140 Å². The number of hydrogen-bond acceptors (Lipinski definition) is 9. The number of ether oxygens (including phenoxy) is 4. The minimum Gasteiger partial charge on any atom is -0.490 e. The van der Waals surface area contributed by atoms with Crippen molar-refractivity contribution in [2.75, 3.05) is 20.3 Å². The van der Waals surface area contributed by atoms with E-state index in [1.807, 2.05) is 31.2 Å². The summed E-state index contributed by atoms with van der Waals surface area (Å²) in [5.41, 5.74) is 6.37. The van der Waals surface area contributed by atoms with Crippen molar-refractivity contribution in [2.45, 2.75) is 39.1 Å². The Kier molecular flexibility index (Phi) is 12.5. The van der Waals surface area contributed by atoms with Crippen LogP contribution in [0.25, 0.3) is 0 Å². The van der Waals surface area contributed by atoms with Crippen LogP contribution in [0.3, 0.4) is 0 Å². The molecule has 4 rings (SSSR count). The molecular weight excluding hydrogens is 647 g/mol. The van der Waals surface area contributed by atoms with Gasteiger partial charge in [0.2, 0.25) is 0 Å². The van der Waals surface area contributed by atoms with Crippen LogP contribution >= 0.6 is 23.2 Å². The predicted molar refractivity (Wildman–Crippen MR) is 180 cm³/mol. The first-order chi connectivity index (χ1) is 22.6. The number of nitrogens with zero attached hydrogens (tertiary/aromatic N) is 1. The monoisotopic (exact) mass is 682 g/mol. The van der Waals surface area contributed by atoms with Gasteiger partial charge in [0.05, 0.1) is 31.5 Å². The number of aliphatic hydroxyl groups excluding tert-OH is 1. The fourth-order valence-corrected chi connectivity index (χ4v) is 5.21.